The molecule has 1 unspecified atom stereocenters. The van der Waals surface area contributed by atoms with Crippen molar-refractivity contribution in [3.05, 3.63) is 35.1 Å². The van der Waals surface area contributed by atoms with Crippen molar-refractivity contribution < 1.29 is 19.1 Å². The van der Waals surface area contributed by atoms with Crippen LogP contribution in [0.15, 0.2) is 35.1 Å². The maximum atomic E-state index is 11.5. The van der Waals surface area contributed by atoms with E-state index in [0.29, 0.717) is 17.6 Å². The van der Waals surface area contributed by atoms with E-state index in [1.165, 1.54) is 7.11 Å². The molecule has 0 saturated carbocycles. The van der Waals surface area contributed by atoms with Gasteiger partial charge in [0.05, 0.1) is 18.9 Å². The maximum absolute atomic E-state index is 11.5. The van der Waals surface area contributed by atoms with Gasteiger partial charge in [0.25, 0.3) is 0 Å². The van der Waals surface area contributed by atoms with E-state index in [2.05, 4.69) is 20.7 Å². The molecule has 4 nitrogen and oxygen atoms in total. The lowest BCUT2D eigenvalue weighted by Gasteiger charge is -2.24. The second-order valence-electron chi connectivity index (χ2n) is 3.38. The molecule has 0 radical (unpaired) electrons. The van der Waals surface area contributed by atoms with Crippen molar-refractivity contribution >= 4 is 27.9 Å². The van der Waals surface area contributed by atoms with Gasteiger partial charge in [-0.15, -0.1) is 0 Å². The van der Waals surface area contributed by atoms with Crippen molar-refractivity contribution in [2.24, 2.45) is 0 Å². The lowest BCUT2D eigenvalue weighted by molar-refractivity contribution is -0.156. The fraction of sp³-hybridized carbons (Fsp3) is 0.273. The van der Waals surface area contributed by atoms with Gasteiger partial charge in [0.2, 0.25) is 0 Å². The van der Waals surface area contributed by atoms with E-state index in [-0.39, 0.29) is 0 Å². The van der Waals surface area contributed by atoms with Crippen LogP contribution in [-0.4, -0.2) is 23.9 Å². The first-order valence-corrected chi connectivity index (χ1v) is 5.59. The number of hydrogen-bond donors (Lipinski definition) is 0. The molecule has 1 heterocycles. The van der Waals surface area contributed by atoms with Crippen molar-refractivity contribution in [3.63, 3.8) is 0 Å². The molecule has 0 spiro atoms. The van der Waals surface area contributed by atoms with Gasteiger partial charge >= 0.3 is 11.9 Å². The number of esters is 2. The first-order chi connectivity index (χ1) is 7.65. The number of cyclic esters (lactones) is 2. The highest BCUT2D eigenvalue weighted by atomic mass is 79.9. The number of rotatable bonds is 1. The number of halogens is 1. The molecule has 0 fully saturated rings. The Balaban J connectivity index is 2.54. The fourth-order valence-electron chi connectivity index (χ4n) is 1.72. The summed E-state index contributed by atoms with van der Waals surface area (Å²) in [6.45, 7) is 0. The molecule has 0 amide bonds. The van der Waals surface area contributed by atoms with E-state index < -0.39 is 16.8 Å². The molecule has 0 saturated heterocycles. The summed E-state index contributed by atoms with van der Waals surface area (Å²) in [6, 6.07) is 0. The molecule has 0 aromatic carbocycles. The molecule has 2 aliphatic rings. The van der Waals surface area contributed by atoms with Crippen molar-refractivity contribution in [2.75, 3.05) is 7.11 Å². The Morgan fingerprint density at radius 2 is 2.31 bits per heavy atom. The van der Waals surface area contributed by atoms with Crippen LogP contribution in [0.2, 0.25) is 0 Å². The minimum absolute atomic E-state index is 0.413. The standard InChI is InChI=1S/C11H9BrO4/c1-15-5-6-3-2-4-7-8(6)9(12)11(14)16-10(7)13/h2,4-5,9H,3H2,1H3/b6-5+. The average Bonchev–Trinajstić information content (AvgIpc) is 2.26. The van der Waals surface area contributed by atoms with Crippen LogP contribution in [0.25, 0.3) is 0 Å². The number of ether oxygens (including phenoxy) is 2. The second kappa shape index (κ2) is 4.25. The first-order valence-electron chi connectivity index (χ1n) is 4.68. The third kappa shape index (κ3) is 1.71. The minimum Gasteiger partial charge on any atom is -0.504 e. The Kier molecular flexibility index (Phi) is 2.96. The van der Waals surface area contributed by atoms with Crippen LogP contribution in [0, 0.1) is 0 Å². The maximum Gasteiger partial charge on any atom is 0.346 e. The first kappa shape index (κ1) is 11.1. The number of methoxy groups -OCH3 is 1. The smallest absolute Gasteiger partial charge is 0.346 e. The zero-order valence-electron chi connectivity index (χ0n) is 8.53. The van der Waals surface area contributed by atoms with Crippen molar-refractivity contribution in [1.82, 2.24) is 0 Å². The van der Waals surface area contributed by atoms with Crippen LogP contribution in [0.3, 0.4) is 0 Å². The second-order valence-corrected chi connectivity index (χ2v) is 4.30. The fourth-order valence-corrected chi connectivity index (χ4v) is 2.36. The quantitative estimate of drug-likeness (QED) is 0.318. The molecule has 84 valence electrons. The van der Waals surface area contributed by atoms with Crippen LogP contribution >= 0.6 is 15.9 Å². The molecule has 1 atom stereocenters. The van der Waals surface area contributed by atoms with Crippen molar-refractivity contribution in [3.8, 4) is 0 Å². The molecule has 0 N–H and O–H groups in total. The van der Waals surface area contributed by atoms with Crippen LogP contribution in [0.1, 0.15) is 6.42 Å². The largest absolute Gasteiger partial charge is 0.504 e. The Hall–Kier alpha value is -1.36. The summed E-state index contributed by atoms with van der Waals surface area (Å²) in [6.07, 6.45) is 5.68. The summed E-state index contributed by atoms with van der Waals surface area (Å²) in [5.74, 6) is -1.19. The molecular weight excluding hydrogens is 276 g/mol. The molecular formula is C11H9BrO4. The SMILES string of the molecule is CO/C=C1\CC=CC2=C1C(Br)C(=O)OC2=O. The number of carbonyl (C=O) groups is 2. The van der Waals surface area contributed by atoms with Gasteiger partial charge in [-0.05, 0) is 17.6 Å². The Bertz CT molecular complexity index is 445. The summed E-state index contributed by atoms with van der Waals surface area (Å²) in [5, 5.41) is 0. The normalized spacial score (nSPS) is 26.9. The van der Waals surface area contributed by atoms with E-state index in [9.17, 15) is 9.59 Å². The van der Waals surface area contributed by atoms with Gasteiger partial charge in [0.15, 0.2) is 0 Å². The monoisotopic (exact) mass is 284 g/mol. The number of hydrogen-bond acceptors (Lipinski definition) is 4. The zero-order valence-corrected chi connectivity index (χ0v) is 10.1. The highest BCUT2D eigenvalue weighted by molar-refractivity contribution is 9.10. The molecule has 2 rings (SSSR count). The van der Waals surface area contributed by atoms with Gasteiger partial charge in [-0.25, -0.2) is 9.59 Å². The molecule has 0 bridgehead atoms. The van der Waals surface area contributed by atoms with E-state index in [4.69, 9.17) is 4.74 Å². The predicted octanol–water partition coefficient (Wildman–Crippen LogP) is 1.62. The van der Waals surface area contributed by atoms with Gasteiger partial charge in [-0.1, -0.05) is 28.1 Å². The van der Waals surface area contributed by atoms with Gasteiger partial charge in [0, 0.05) is 0 Å². The summed E-state index contributed by atoms with van der Waals surface area (Å²) in [4.78, 5) is 22.3. The number of allylic oxidation sites excluding steroid dienone is 2. The van der Waals surface area contributed by atoms with Gasteiger partial charge < -0.3 is 9.47 Å². The van der Waals surface area contributed by atoms with Crippen LogP contribution in [-0.2, 0) is 19.1 Å². The lowest BCUT2D eigenvalue weighted by atomic mass is 9.89. The molecule has 16 heavy (non-hydrogen) atoms. The third-order valence-electron chi connectivity index (χ3n) is 2.39. The van der Waals surface area contributed by atoms with Crippen LogP contribution in [0.5, 0.6) is 0 Å². The number of carbonyl (C=O) groups excluding carboxylic acids is 2. The van der Waals surface area contributed by atoms with Crippen LogP contribution < -0.4 is 0 Å². The van der Waals surface area contributed by atoms with E-state index in [1.54, 1.807) is 12.3 Å². The summed E-state index contributed by atoms with van der Waals surface area (Å²) >= 11 is 3.22. The minimum atomic E-state index is -0.605. The topological polar surface area (TPSA) is 52.6 Å². The molecule has 5 heteroatoms. The van der Waals surface area contributed by atoms with Crippen LogP contribution in [0.4, 0.5) is 0 Å². The van der Waals surface area contributed by atoms with E-state index >= 15 is 0 Å². The Morgan fingerprint density at radius 3 is 3.00 bits per heavy atom. The molecule has 0 aromatic rings. The summed E-state index contributed by atoms with van der Waals surface area (Å²) in [7, 11) is 1.53. The molecule has 1 aliphatic heterocycles. The highest BCUT2D eigenvalue weighted by Gasteiger charge is 2.37. The van der Waals surface area contributed by atoms with Gasteiger partial charge in [-0.3, -0.25) is 0 Å². The van der Waals surface area contributed by atoms with Crippen molar-refractivity contribution in [1.29, 1.82) is 0 Å². The van der Waals surface area contributed by atoms with Gasteiger partial charge in [-0.2, -0.15) is 0 Å². The molecule has 0 aromatic heterocycles. The van der Waals surface area contributed by atoms with Gasteiger partial charge in [0.1, 0.15) is 4.83 Å². The van der Waals surface area contributed by atoms with E-state index in [0.717, 1.165) is 5.57 Å². The highest BCUT2D eigenvalue weighted by Crippen LogP contribution is 2.35. The summed E-state index contributed by atoms with van der Waals surface area (Å²) < 4.78 is 9.53. The Labute approximate surface area is 101 Å². The predicted molar refractivity (Wildman–Crippen MR) is 59.7 cm³/mol. The zero-order chi connectivity index (χ0) is 11.7. The average molecular weight is 285 g/mol. The van der Waals surface area contributed by atoms with E-state index in [1.807, 2.05) is 6.08 Å². The van der Waals surface area contributed by atoms with Crippen molar-refractivity contribution in [2.45, 2.75) is 11.2 Å². The third-order valence-corrected chi connectivity index (χ3v) is 3.22. The molecule has 1 aliphatic carbocycles. The lowest BCUT2D eigenvalue weighted by Crippen LogP contribution is -2.32. The number of alkyl halides is 1. The Morgan fingerprint density at radius 1 is 1.56 bits per heavy atom. The summed E-state index contributed by atoms with van der Waals surface area (Å²) in [5.41, 5.74) is 1.87.